The zero-order valence-corrected chi connectivity index (χ0v) is 11.7. The fourth-order valence-corrected chi connectivity index (χ4v) is 2.60. The van der Waals surface area contributed by atoms with Crippen LogP contribution in [0.5, 0.6) is 0 Å². The van der Waals surface area contributed by atoms with Gasteiger partial charge in [0.25, 0.3) is 0 Å². The fraction of sp³-hybridized carbons (Fsp3) is 0.333. The Hall–Kier alpha value is -2.41. The summed E-state index contributed by atoms with van der Waals surface area (Å²) in [5.41, 5.74) is 1.39. The number of nitrogens with one attached hydrogen (secondary N) is 1. The lowest BCUT2D eigenvalue weighted by molar-refractivity contribution is -0.159. The van der Waals surface area contributed by atoms with Gasteiger partial charge in [0.05, 0.1) is 19.6 Å². The van der Waals surface area contributed by atoms with Gasteiger partial charge in [-0.25, -0.2) is 9.18 Å². The first-order chi connectivity index (χ1) is 10.5. The van der Waals surface area contributed by atoms with Crippen LogP contribution in [0.25, 0.3) is 10.9 Å². The molecule has 0 bridgehead atoms. The zero-order chi connectivity index (χ0) is 15.7. The largest absolute Gasteiger partial charge is 0.479 e. The summed E-state index contributed by atoms with van der Waals surface area (Å²) in [6.07, 6.45) is 0.838. The lowest BCUT2D eigenvalue weighted by Crippen LogP contribution is -2.49. The van der Waals surface area contributed by atoms with E-state index in [9.17, 15) is 14.0 Å². The van der Waals surface area contributed by atoms with E-state index in [1.165, 1.54) is 17.0 Å². The molecule has 2 N–H and O–H groups in total. The van der Waals surface area contributed by atoms with Crippen LogP contribution in [0.1, 0.15) is 5.56 Å². The van der Waals surface area contributed by atoms with Crippen molar-refractivity contribution in [3.8, 4) is 0 Å². The Morgan fingerprint density at radius 1 is 1.45 bits per heavy atom. The lowest BCUT2D eigenvalue weighted by Gasteiger charge is -2.30. The van der Waals surface area contributed by atoms with Crippen LogP contribution in [0.4, 0.5) is 4.39 Å². The number of H-pyrrole nitrogens is 1. The fourth-order valence-electron chi connectivity index (χ4n) is 2.60. The van der Waals surface area contributed by atoms with E-state index in [0.29, 0.717) is 12.1 Å². The van der Waals surface area contributed by atoms with Crippen molar-refractivity contribution in [3.05, 3.63) is 35.8 Å². The molecule has 1 saturated heterocycles. The Morgan fingerprint density at radius 2 is 2.27 bits per heavy atom. The van der Waals surface area contributed by atoms with E-state index in [1.807, 2.05) is 0 Å². The molecule has 22 heavy (non-hydrogen) atoms. The Kier molecular flexibility index (Phi) is 3.81. The number of ether oxygens (including phenoxy) is 1. The van der Waals surface area contributed by atoms with Crippen LogP contribution in [0.15, 0.2) is 24.4 Å². The SMILES string of the molecule is O=C(O)C1CN(C(=O)Cc2c[nH]c3cc(F)ccc23)CCO1. The number of rotatable bonds is 3. The van der Waals surface area contributed by atoms with E-state index in [4.69, 9.17) is 9.84 Å². The number of carboxylic acids is 1. The molecule has 3 rings (SSSR count). The number of benzene rings is 1. The predicted octanol–water partition coefficient (Wildman–Crippen LogP) is 1.16. The topological polar surface area (TPSA) is 82.6 Å². The van der Waals surface area contributed by atoms with E-state index < -0.39 is 12.1 Å². The quantitative estimate of drug-likeness (QED) is 0.891. The van der Waals surface area contributed by atoms with Gasteiger partial charge in [0.15, 0.2) is 6.10 Å². The molecule has 1 aliphatic rings. The Morgan fingerprint density at radius 3 is 3.05 bits per heavy atom. The molecule has 1 fully saturated rings. The number of amides is 1. The van der Waals surface area contributed by atoms with Crippen molar-refractivity contribution in [3.63, 3.8) is 0 Å². The number of nitrogens with zero attached hydrogens (tertiary/aromatic N) is 1. The second-order valence-corrected chi connectivity index (χ2v) is 5.22. The first kappa shape index (κ1) is 14.5. The summed E-state index contributed by atoms with van der Waals surface area (Å²) in [5, 5.41) is 9.75. The van der Waals surface area contributed by atoms with Gasteiger partial charge in [0, 0.05) is 23.6 Å². The third-order valence-electron chi connectivity index (χ3n) is 3.77. The Labute approximate surface area is 125 Å². The molecule has 7 heteroatoms. The van der Waals surface area contributed by atoms with E-state index >= 15 is 0 Å². The van der Waals surface area contributed by atoms with E-state index in [0.717, 1.165) is 10.9 Å². The molecule has 0 saturated carbocycles. The van der Waals surface area contributed by atoms with Crippen LogP contribution in [0.3, 0.4) is 0 Å². The van der Waals surface area contributed by atoms with Crippen molar-refractivity contribution in [1.29, 1.82) is 0 Å². The van der Waals surface area contributed by atoms with Crippen molar-refractivity contribution >= 4 is 22.8 Å². The smallest absolute Gasteiger partial charge is 0.334 e. The molecule has 0 radical (unpaired) electrons. The molecular weight excluding hydrogens is 291 g/mol. The van der Waals surface area contributed by atoms with Gasteiger partial charge in [0.1, 0.15) is 5.82 Å². The van der Waals surface area contributed by atoms with E-state index in [1.54, 1.807) is 12.3 Å². The number of hydrogen-bond donors (Lipinski definition) is 2. The van der Waals surface area contributed by atoms with Crippen LogP contribution in [0, 0.1) is 5.82 Å². The van der Waals surface area contributed by atoms with Gasteiger partial charge in [-0.05, 0) is 23.8 Å². The molecule has 1 aromatic heterocycles. The summed E-state index contributed by atoms with van der Waals surface area (Å²) in [5.74, 6) is -1.58. The highest BCUT2D eigenvalue weighted by molar-refractivity contribution is 5.89. The highest BCUT2D eigenvalue weighted by Gasteiger charge is 2.29. The summed E-state index contributed by atoms with van der Waals surface area (Å²) < 4.78 is 18.3. The zero-order valence-electron chi connectivity index (χ0n) is 11.7. The molecule has 1 atom stereocenters. The second-order valence-electron chi connectivity index (χ2n) is 5.22. The van der Waals surface area contributed by atoms with Crippen molar-refractivity contribution in [2.45, 2.75) is 12.5 Å². The van der Waals surface area contributed by atoms with Gasteiger partial charge in [-0.3, -0.25) is 4.79 Å². The van der Waals surface area contributed by atoms with Crippen molar-refractivity contribution in [1.82, 2.24) is 9.88 Å². The van der Waals surface area contributed by atoms with E-state index in [-0.39, 0.29) is 31.3 Å². The molecule has 2 heterocycles. The number of aromatic amines is 1. The average Bonchev–Trinajstić information content (AvgIpc) is 2.89. The number of fused-ring (bicyclic) bond motifs is 1. The minimum atomic E-state index is -1.07. The summed E-state index contributed by atoms with van der Waals surface area (Å²) in [7, 11) is 0. The number of hydrogen-bond acceptors (Lipinski definition) is 3. The van der Waals surface area contributed by atoms with Gasteiger partial charge in [-0.2, -0.15) is 0 Å². The van der Waals surface area contributed by atoms with Gasteiger partial charge in [-0.15, -0.1) is 0 Å². The van der Waals surface area contributed by atoms with Crippen LogP contribution < -0.4 is 0 Å². The highest BCUT2D eigenvalue weighted by Crippen LogP contribution is 2.20. The van der Waals surface area contributed by atoms with Gasteiger partial charge < -0.3 is 19.7 Å². The number of carbonyl (C=O) groups excluding carboxylic acids is 1. The number of aliphatic carboxylic acids is 1. The average molecular weight is 306 g/mol. The van der Waals surface area contributed by atoms with Gasteiger partial charge in [0.2, 0.25) is 5.91 Å². The molecule has 2 aromatic rings. The summed E-state index contributed by atoms with van der Waals surface area (Å²) >= 11 is 0. The minimum absolute atomic E-state index is 0.0468. The lowest BCUT2D eigenvalue weighted by atomic mass is 10.1. The number of carbonyl (C=O) groups is 2. The highest BCUT2D eigenvalue weighted by atomic mass is 19.1. The molecule has 116 valence electrons. The van der Waals surface area contributed by atoms with Crippen LogP contribution in [-0.4, -0.2) is 52.7 Å². The van der Waals surface area contributed by atoms with Crippen LogP contribution >= 0.6 is 0 Å². The third kappa shape index (κ3) is 2.80. The van der Waals surface area contributed by atoms with Crippen LogP contribution in [-0.2, 0) is 20.7 Å². The number of carboxylic acid groups (broad SMARTS) is 1. The monoisotopic (exact) mass is 306 g/mol. The maximum absolute atomic E-state index is 13.2. The standard InChI is InChI=1S/C15H15FN2O4/c16-10-1-2-11-9(7-17-12(11)6-10)5-14(19)18-3-4-22-13(8-18)15(20)21/h1-2,6-7,13,17H,3-5,8H2,(H,20,21). The van der Waals surface area contributed by atoms with Gasteiger partial charge >= 0.3 is 5.97 Å². The van der Waals surface area contributed by atoms with Crippen molar-refractivity contribution < 1.29 is 23.8 Å². The third-order valence-corrected chi connectivity index (χ3v) is 3.77. The molecule has 0 spiro atoms. The summed E-state index contributed by atoms with van der Waals surface area (Å²) in [4.78, 5) is 27.7. The molecule has 1 amide bonds. The molecule has 1 aliphatic heterocycles. The Bertz CT molecular complexity index is 727. The minimum Gasteiger partial charge on any atom is -0.479 e. The maximum atomic E-state index is 13.2. The summed E-state index contributed by atoms with van der Waals surface area (Å²) in [6.45, 7) is 0.631. The molecular formula is C15H15FN2O4. The normalized spacial score (nSPS) is 18.6. The summed E-state index contributed by atoms with van der Waals surface area (Å²) in [6, 6.07) is 4.35. The number of aromatic nitrogens is 1. The van der Waals surface area contributed by atoms with Gasteiger partial charge in [-0.1, -0.05) is 0 Å². The molecule has 0 aliphatic carbocycles. The van der Waals surface area contributed by atoms with E-state index in [2.05, 4.69) is 4.98 Å². The van der Waals surface area contributed by atoms with Crippen molar-refractivity contribution in [2.24, 2.45) is 0 Å². The first-order valence-corrected chi connectivity index (χ1v) is 6.92. The number of morpholine rings is 1. The maximum Gasteiger partial charge on any atom is 0.334 e. The Balaban J connectivity index is 1.74. The molecule has 6 nitrogen and oxygen atoms in total. The number of halogens is 1. The second kappa shape index (κ2) is 5.76. The molecule has 1 aromatic carbocycles. The molecule has 1 unspecified atom stereocenters. The predicted molar refractivity (Wildman–Crippen MR) is 75.9 cm³/mol. The van der Waals surface area contributed by atoms with Crippen LogP contribution in [0.2, 0.25) is 0 Å². The first-order valence-electron chi connectivity index (χ1n) is 6.92. The van der Waals surface area contributed by atoms with Crippen molar-refractivity contribution in [2.75, 3.05) is 19.7 Å².